The van der Waals surface area contributed by atoms with Gasteiger partial charge in [0.1, 0.15) is 6.54 Å². The number of carbonyl (C=O) groups is 1. The molecule has 0 unspecified atom stereocenters. The lowest BCUT2D eigenvalue weighted by molar-refractivity contribution is -0.118. The number of carbonyl (C=O) groups excluding carboxylic acids is 1. The van der Waals surface area contributed by atoms with E-state index >= 15 is 0 Å². The predicted molar refractivity (Wildman–Crippen MR) is 96.5 cm³/mol. The molecule has 1 amide bonds. The van der Waals surface area contributed by atoms with Crippen LogP contribution in [0.15, 0.2) is 30.1 Å². The summed E-state index contributed by atoms with van der Waals surface area (Å²) < 4.78 is 8.99. The molecule has 8 nitrogen and oxygen atoms in total. The van der Waals surface area contributed by atoms with Crippen LogP contribution in [-0.4, -0.2) is 56.5 Å². The Balaban J connectivity index is 2.06. The molecule has 2 heterocycles. The first-order valence-corrected chi connectivity index (χ1v) is 9.04. The Morgan fingerprint density at radius 2 is 2.32 bits per heavy atom. The van der Waals surface area contributed by atoms with E-state index in [9.17, 15) is 4.79 Å². The van der Waals surface area contributed by atoms with Crippen molar-refractivity contribution in [3.05, 3.63) is 36.4 Å². The zero-order valence-corrected chi connectivity index (χ0v) is 15.5. The summed E-state index contributed by atoms with van der Waals surface area (Å²) in [5.74, 6) is 1.05. The molecule has 2 aromatic heterocycles. The number of amides is 1. The van der Waals surface area contributed by atoms with Gasteiger partial charge in [-0.2, -0.15) is 5.10 Å². The molecule has 9 heteroatoms. The third kappa shape index (κ3) is 6.02. The average Bonchev–Trinajstić information content (AvgIpc) is 3.18. The Kier molecular flexibility index (Phi) is 7.68. The van der Waals surface area contributed by atoms with Crippen molar-refractivity contribution in [3.63, 3.8) is 0 Å². The molecule has 0 saturated heterocycles. The molecule has 0 radical (unpaired) electrons. The largest absolute Gasteiger partial charge is 0.385 e. The minimum Gasteiger partial charge on any atom is -0.385 e. The molecule has 0 aliphatic rings. The smallest absolute Gasteiger partial charge is 0.230 e. The molecule has 136 valence electrons. The van der Waals surface area contributed by atoms with Gasteiger partial charge < -0.3 is 14.6 Å². The van der Waals surface area contributed by atoms with Crippen LogP contribution in [0.1, 0.15) is 17.9 Å². The molecule has 0 aromatic carbocycles. The highest BCUT2D eigenvalue weighted by molar-refractivity contribution is 7.99. The molecule has 25 heavy (non-hydrogen) atoms. The predicted octanol–water partition coefficient (Wildman–Crippen LogP) is 1.26. The van der Waals surface area contributed by atoms with Gasteiger partial charge in [0.05, 0.1) is 11.4 Å². The molecular weight excluding hydrogens is 340 g/mol. The minimum atomic E-state index is -0.0550. The molecule has 0 bridgehead atoms. The summed E-state index contributed by atoms with van der Waals surface area (Å²) in [6.07, 6.45) is 4.41. The van der Waals surface area contributed by atoms with E-state index in [0.29, 0.717) is 19.7 Å². The number of aryl methyl sites for hydroxylation is 1. The highest BCUT2D eigenvalue weighted by Crippen LogP contribution is 2.18. The van der Waals surface area contributed by atoms with Crippen molar-refractivity contribution in [3.8, 4) is 0 Å². The Morgan fingerprint density at radius 1 is 1.48 bits per heavy atom. The van der Waals surface area contributed by atoms with E-state index in [1.165, 1.54) is 11.8 Å². The topological polar surface area (TPSA) is 86.9 Å². The Hall–Kier alpha value is -2.13. The number of hydrogen-bond acceptors (Lipinski definition) is 6. The Morgan fingerprint density at radius 3 is 3.00 bits per heavy atom. The fraction of sp³-hybridized carbons (Fsp3) is 0.500. The van der Waals surface area contributed by atoms with Gasteiger partial charge in [-0.25, -0.2) is 0 Å². The van der Waals surface area contributed by atoms with Crippen molar-refractivity contribution in [1.29, 1.82) is 0 Å². The van der Waals surface area contributed by atoms with E-state index < -0.39 is 0 Å². The van der Waals surface area contributed by atoms with E-state index in [2.05, 4.69) is 27.2 Å². The molecule has 0 aliphatic carbocycles. The molecular formula is C16H24N6O2S. The number of methoxy groups -OCH3 is 1. The number of aromatic nitrogens is 5. The molecule has 0 saturated carbocycles. The van der Waals surface area contributed by atoms with Crippen molar-refractivity contribution in [2.75, 3.05) is 26.0 Å². The first kappa shape index (κ1) is 19.2. The lowest BCUT2D eigenvalue weighted by Gasteiger charge is -2.10. The maximum atomic E-state index is 11.8. The van der Waals surface area contributed by atoms with Crippen molar-refractivity contribution in [2.45, 2.75) is 31.6 Å². The average molecular weight is 364 g/mol. The highest BCUT2D eigenvalue weighted by atomic mass is 32.2. The van der Waals surface area contributed by atoms with E-state index in [1.807, 2.05) is 28.4 Å². The zero-order chi connectivity index (χ0) is 18.1. The summed E-state index contributed by atoms with van der Waals surface area (Å²) in [7, 11) is 1.68. The standard InChI is InChI=1S/C16H24N6O2S/c1-4-7-17-15(23)12-25-16-19-18-14(22(16)8-5-10-24-3)11-21-9-6-13(2)20-21/h4,6,9H,1,5,7-8,10-12H2,2-3H3,(H,17,23). The number of nitrogens with one attached hydrogen (secondary N) is 1. The summed E-state index contributed by atoms with van der Waals surface area (Å²) in [5, 5.41) is 16.4. The number of nitrogens with zero attached hydrogens (tertiary/aromatic N) is 5. The van der Waals surface area contributed by atoms with Crippen molar-refractivity contribution < 1.29 is 9.53 Å². The minimum absolute atomic E-state index is 0.0550. The normalized spacial score (nSPS) is 10.8. The van der Waals surface area contributed by atoms with Crippen LogP contribution in [0.5, 0.6) is 0 Å². The van der Waals surface area contributed by atoms with Gasteiger partial charge >= 0.3 is 0 Å². The van der Waals surface area contributed by atoms with Crippen LogP contribution in [0.25, 0.3) is 0 Å². The highest BCUT2D eigenvalue weighted by Gasteiger charge is 2.14. The maximum Gasteiger partial charge on any atom is 0.230 e. The third-order valence-electron chi connectivity index (χ3n) is 3.38. The monoisotopic (exact) mass is 364 g/mol. The van der Waals surface area contributed by atoms with Crippen LogP contribution in [0.2, 0.25) is 0 Å². The fourth-order valence-electron chi connectivity index (χ4n) is 2.20. The number of hydrogen-bond donors (Lipinski definition) is 1. The SMILES string of the molecule is C=CCNC(=O)CSc1nnc(Cn2ccc(C)n2)n1CCCOC. The molecule has 0 fully saturated rings. The van der Waals surface area contributed by atoms with E-state index in [-0.39, 0.29) is 11.7 Å². The van der Waals surface area contributed by atoms with Crippen LogP contribution in [0, 0.1) is 6.92 Å². The van der Waals surface area contributed by atoms with Gasteiger partial charge in [0.25, 0.3) is 0 Å². The van der Waals surface area contributed by atoms with E-state index in [0.717, 1.165) is 29.6 Å². The summed E-state index contributed by atoms with van der Waals surface area (Å²) in [6.45, 7) is 7.92. The Bertz CT molecular complexity index is 697. The first-order valence-electron chi connectivity index (χ1n) is 8.05. The van der Waals surface area contributed by atoms with E-state index in [1.54, 1.807) is 13.2 Å². The van der Waals surface area contributed by atoms with Crippen LogP contribution in [0.4, 0.5) is 0 Å². The molecule has 0 atom stereocenters. The van der Waals surface area contributed by atoms with Crippen LogP contribution in [0.3, 0.4) is 0 Å². The second-order valence-corrected chi connectivity index (χ2v) is 6.38. The van der Waals surface area contributed by atoms with Gasteiger partial charge in [0.2, 0.25) is 5.91 Å². The van der Waals surface area contributed by atoms with E-state index in [4.69, 9.17) is 4.74 Å². The van der Waals surface area contributed by atoms with Gasteiger partial charge in [-0.3, -0.25) is 9.48 Å². The summed E-state index contributed by atoms with van der Waals surface area (Å²) in [6, 6.07) is 1.95. The van der Waals surface area contributed by atoms with Crippen LogP contribution >= 0.6 is 11.8 Å². The first-order chi connectivity index (χ1) is 12.1. The van der Waals surface area contributed by atoms with Crippen molar-refractivity contribution in [1.82, 2.24) is 29.9 Å². The Labute approximate surface area is 151 Å². The molecule has 1 N–H and O–H groups in total. The second kappa shape index (κ2) is 10.00. The second-order valence-electron chi connectivity index (χ2n) is 5.43. The summed E-state index contributed by atoms with van der Waals surface area (Å²) in [5.41, 5.74) is 0.957. The van der Waals surface area contributed by atoms with Gasteiger partial charge in [-0.05, 0) is 19.4 Å². The van der Waals surface area contributed by atoms with Crippen LogP contribution in [-0.2, 0) is 22.6 Å². The van der Waals surface area contributed by atoms with Crippen molar-refractivity contribution >= 4 is 17.7 Å². The lowest BCUT2D eigenvalue weighted by atomic mass is 10.4. The number of thioether (sulfide) groups is 1. The number of rotatable bonds is 11. The fourth-order valence-corrected chi connectivity index (χ4v) is 3.01. The zero-order valence-electron chi connectivity index (χ0n) is 14.6. The molecule has 0 aliphatic heterocycles. The lowest BCUT2D eigenvalue weighted by Crippen LogP contribution is -2.25. The van der Waals surface area contributed by atoms with Gasteiger partial charge in [-0.15, -0.1) is 16.8 Å². The molecule has 0 spiro atoms. The van der Waals surface area contributed by atoms with Crippen molar-refractivity contribution in [2.24, 2.45) is 0 Å². The summed E-state index contributed by atoms with van der Waals surface area (Å²) in [4.78, 5) is 11.8. The third-order valence-corrected chi connectivity index (χ3v) is 4.34. The molecule has 2 rings (SSSR count). The quantitative estimate of drug-likeness (QED) is 0.367. The van der Waals surface area contributed by atoms with Gasteiger partial charge in [0, 0.05) is 33.0 Å². The van der Waals surface area contributed by atoms with Gasteiger partial charge in [-0.1, -0.05) is 17.8 Å². The maximum absolute atomic E-state index is 11.8. The molecule has 2 aromatic rings. The van der Waals surface area contributed by atoms with Gasteiger partial charge in [0.15, 0.2) is 11.0 Å². The summed E-state index contributed by atoms with van der Waals surface area (Å²) >= 11 is 1.37. The number of ether oxygens (including phenoxy) is 1. The van der Waals surface area contributed by atoms with Crippen LogP contribution < -0.4 is 5.32 Å².